The molecule has 1 aliphatic rings. The quantitative estimate of drug-likeness (QED) is 0.532. The summed E-state index contributed by atoms with van der Waals surface area (Å²) in [4.78, 5) is 35.4. The van der Waals surface area contributed by atoms with Crippen LogP contribution in [0.25, 0.3) is 21.5 Å². The van der Waals surface area contributed by atoms with Gasteiger partial charge in [0.15, 0.2) is 0 Å². The number of para-hydroxylation sites is 1. The Hall–Kier alpha value is -2.81. The van der Waals surface area contributed by atoms with E-state index in [1.807, 2.05) is 52.7 Å². The number of ether oxygens (including phenoxy) is 1. The maximum Gasteiger partial charge on any atom is 0.254 e. The van der Waals surface area contributed by atoms with E-state index < -0.39 is 0 Å². The van der Waals surface area contributed by atoms with E-state index >= 15 is 0 Å². The van der Waals surface area contributed by atoms with Gasteiger partial charge in [0.1, 0.15) is 0 Å². The molecule has 0 saturated carbocycles. The predicted molar refractivity (Wildman–Crippen MR) is 127 cm³/mol. The molecular formula is C24H28N4O3S. The summed E-state index contributed by atoms with van der Waals surface area (Å²) in [6.45, 7) is 4.17. The van der Waals surface area contributed by atoms with Gasteiger partial charge in [-0.1, -0.05) is 24.3 Å². The highest BCUT2D eigenvalue weighted by Gasteiger charge is 2.25. The molecule has 168 valence electrons. The van der Waals surface area contributed by atoms with Gasteiger partial charge in [0.05, 0.1) is 28.2 Å². The zero-order chi connectivity index (χ0) is 22.3. The number of rotatable bonds is 8. The van der Waals surface area contributed by atoms with Crippen LogP contribution in [0.15, 0.2) is 47.8 Å². The highest BCUT2D eigenvalue weighted by molar-refractivity contribution is 7.13. The number of aromatic nitrogens is 1. The van der Waals surface area contributed by atoms with Crippen LogP contribution in [-0.2, 0) is 9.53 Å². The Bertz CT molecular complexity index is 1060. The van der Waals surface area contributed by atoms with Crippen LogP contribution < -0.4 is 5.32 Å². The third-order valence-corrected chi connectivity index (χ3v) is 6.49. The fourth-order valence-corrected chi connectivity index (χ4v) is 4.57. The monoisotopic (exact) mass is 452 g/mol. The Kier molecular flexibility index (Phi) is 7.47. The van der Waals surface area contributed by atoms with Crippen LogP contribution in [0.4, 0.5) is 0 Å². The van der Waals surface area contributed by atoms with Crippen molar-refractivity contribution in [3.63, 3.8) is 0 Å². The van der Waals surface area contributed by atoms with E-state index in [2.05, 4.69) is 10.2 Å². The Morgan fingerprint density at radius 1 is 1.12 bits per heavy atom. The van der Waals surface area contributed by atoms with Crippen molar-refractivity contribution in [1.82, 2.24) is 20.1 Å². The smallest absolute Gasteiger partial charge is 0.254 e. The number of hydrogen-bond acceptors (Lipinski definition) is 6. The summed E-state index contributed by atoms with van der Waals surface area (Å²) in [5, 5.41) is 5.80. The van der Waals surface area contributed by atoms with Crippen LogP contribution in [0.3, 0.4) is 0 Å². The highest BCUT2D eigenvalue weighted by Crippen LogP contribution is 2.28. The molecule has 3 aromatic rings. The van der Waals surface area contributed by atoms with Crippen molar-refractivity contribution in [3.05, 3.63) is 53.4 Å². The number of pyridine rings is 1. The first-order chi connectivity index (χ1) is 15.7. The first-order valence-electron chi connectivity index (χ1n) is 10.9. The summed E-state index contributed by atoms with van der Waals surface area (Å²) >= 11 is 1.62. The van der Waals surface area contributed by atoms with Crippen molar-refractivity contribution >= 4 is 34.1 Å². The molecule has 0 bridgehead atoms. The van der Waals surface area contributed by atoms with Crippen molar-refractivity contribution in [2.45, 2.75) is 6.42 Å². The lowest BCUT2D eigenvalue weighted by Crippen LogP contribution is -2.51. The third-order valence-electron chi connectivity index (χ3n) is 5.59. The van der Waals surface area contributed by atoms with E-state index in [9.17, 15) is 9.59 Å². The molecule has 2 aromatic heterocycles. The Morgan fingerprint density at radius 2 is 1.94 bits per heavy atom. The number of amides is 2. The molecule has 32 heavy (non-hydrogen) atoms. The van der Waals surface area contributed by atoms with Gasteiger partial charge in [0.2, 0.25) is 5.91 Å². The van der Waals surface area contributed by atoms with Crippen molar-refractivity contribution in [3.8, 4) is 10.6 Å². The Balaban J connectivity index is 1.42. The number of carbonyl (C=O) groups is 2. The van der Waals surface area contributed by atoms with Crippen LogP contribution in [0.5, 0.6) is 0 Å². The van der Waals surface area contributed by atoms with Gasteiger partial charge in [-0.15, -0.1) is 11.3 Å². The molecule has 1 N–H and O–H groups in total. The van der Waals surface area contributed by atoms with Gasteiger partial charge in [-0.05, 0) is 30.0 Å². The molecule has 1 aliphatic heterocycles. The first-order valence-corrected chi connectivity index (χ1v) is 11.7. The lowest BCUT2D eigenvalue weighted by molar-refractivity contribution is -0.122. The number of thiophene rings is 1. The SMILES string of the molecule is COCCCNC(=O)CN1CCN(C(=O)c2cc(-c3cccs3)nc3ccccc23)CC1. The van der Waals surface area contributed by atoms with E-state index in [1.54, 1.807) is 18.4 Å². The third kappa shape index (κ3) is 5.32. The normalized spacial score (nSPS) is 14.6. The maximum absolute atomic E-state index is 13.5. The minimum absolute atomic E-state index is 0.0154. The van der Waals surface area contributed by atoms with Gasteiger partial charge in [0, 0.05) is 51.8 Å². The number of methoxy groups -OCH3 is 1. The van der Waals surface area contributed by atoms with Crippen LogP contribution in [0.2, 0.25) is 0 Å². The molecule has 7 nitrogen and oxygen atoms in total. The molecule has 3 heterocycles. The predicted octanol–water partition coefficient (Wildman–Crippen LogP) is 2.87. The summed E-state index contributed by atoms with van der Waals surface area (Å²) in [6.07, 6.45) is 0.803. The average molecular weight is 453 g/mol. The number of carbonyl (C=O) groups excluding carboxylic acids is 2. The lowest BCUT2D eigenvalue weighted by Gasteiger charge is -2.34. The Labute approximate surface area is 192 Å². The summed E-state index contributed by atoms with van der Waals surface area (Å²) in [5.74, 6) is 0.0340. The standard InChI is InChI=1S/C24H28N4O3S/c1-31-14-5-9-25-23(29)17-27-10-12-28(13-11-27)24(30)19-16-21(22-8-4-15-32-22)26-20-7-3-2-6-18(19)20/h2-4,6-8,15-16H,5,9-14,17H2,1H3,(H,25,29). The number of hydrogen-bond donors (Lipinski definition) is 1. The van der Waals surface area contributed by atoms with Crippen molar-refractivity contribution in [2.24, 2.45) is 0 Å². The van der Waals surface area contributed by atoms with Crippen LogP contribution >= 0.6 is 11.3 Å². The molecule has 0 atom stereocenters. The summed E-state index contributed by atoms with van der Waals surface area (Å²) in [7, 11) is 1.65. The zero-order valence-corrected chi connectivity index (χ0v) is 19.1. The number of fused-ring (bicyclic) bond motifs is 1. The average Bonchev–Trinajstić information content (AvgIpc) is 3.36. The number of nitrogens with one attached hydrogen (secondary N) is 1. The minimum Gasteiger partial charge on any atom is -0.385 e. The highest BCUT2D eigenvalue weighted by atomic mass is 32.1. The zero-order valence-electron chi connectivity index (χ0n) is 18.3. The molecule has 1 saturated heterocycles. The van der Waals surface area contributed by atoms with Crippen LogP contribution in [-0.4, -0.2) is 79.6 Å². The number of nitrogens with zero attached hydrogens (tertiary/aromatic N) is 3. The first kappa shape index (κ1) is 22.4. The largest absolute Gasteiger partial charge is 0.385 e. The van der Waals surface area contributed by atoms with E-state index in [4.69, 9.17) is 9.72 Å². The lowest BCUT2D eigenvalue weighted by atomic mass is 10.1. The molecule has 0 unspecified atom stereocenters. The van der Waals surface area contributed by atoms with Gasteiger partial charge >= 0.3 is 0 Å². The number of benzene rings is 1. The van der Waals surface area contributed by atoms with E-state index in [1.165, 1.54) is 0 Å². The second-order valence-corrected chi connectivity index (χ2v) is 8.76. The van der Waals surface area contributed by atoms with Crippen molar-refractivity contribution < 1.29 is 14.3 Å². The Morgan fingerprint density at radius 3 is 2.69 bits per heavy atom. The van der Waals surface area contributed by atoms with Gasteiger partial charge in [0.25, 0.3) is 5.91 Å². The molecular weight excluding hydrogens is 424 g/mol. The van der Waals surface area contributed by atoms with E-state index in [0.29, 0.717) is 51.4 Å². The summed E-state index contributed by atoms with van der Waals surface area (Å²) < 4.78 is 5.00. The van der Waals surface area contributed by atoms with Crippen LogP contribution in [0.1, 0.15) is 16.8 Å². The molecule has 8 heteroatoms. The summed E-state index contributed by atoms with van der Waals surface area (Å²) in [6, 6.07) is 13.7. The molecule has 1 fully saturated rings. The molecule has 1 aromatic carbocycles. The fraction of sp³-hybridized carbons (Fsp3) is 0.375. The summed E-state index contributed by atoms with van der Waals surface area (Å²) in [5.41, 5.74) is 2.33. The fourth-order valence-electron chi connectivity index (χ4n) is 3.89. The van der Waals surface area contributed by atoms with E-state index in [0.717, 1.165) is 27.9 Å². The van der Waals surface area contributed by atoms with Gasteiger partial charge < -0.3 is 15.0 Å². The van der Waals surface area contributed by atoms with Crippen molar-refractivity contribution in [1.29, 1.82) is 0 Å². The second-order valence-electron chi connectivity index (χ2n) is 7.81. The van der Waals surface area contributed by atoms with E-state index in [-0.39, 0.29) is 11.8 Å². The molecule has 0 spiro atoms. The number of piperazine rings is 1. The maximum atomic E-state index is 13.5. The van der Waals surface area contributed by atoms with Crippen LogP contribution in [0, 0.1) is 0 Å². The van der Waals surface area contributed by atoms with Gasteiger partial charge in [-0.2, -0.15) is 0 Å². The molecule has 0 radical (unpaired) electrons. The van der Waals surface area contributed by atoms with Gasteiger partial charge in [-0.3, -0.25) is 14.5 Å². The van der Waals surface area contributed by atoms with Gasteiger partial charge in [-0.25, -0.2) is 4.98 Å². The topological polar surface area (TPSA) is 74.8 Å². The molecule has 4 rings (SSSR count). The molecule has 2 amide bonds. The van der Waals surface area contributed by atoms with Crippen molar-refractivity contribution in [2.75, 3.05) is 53.0 Å². The second kappa shape index (κ2) is 10.7. The minimum atomic E-state index is 0.0154. The molecule has 0 aliphatic carbocycles.